The minimum atomic E-state index is -0.966. The summed E-state index contributed by atoms with van der Waals surface area (Å²) in [5.41, 5.74) is 3.25. The van der Waals surface area contributed by atoms with E-state index in [2.05, 4.69) is 0 Å². The fraction of sp³-hybridized carbons (Fsp3) is 0.100. The quantitative estimate of drug-likeness (QED) is 0.612. The molecule has 5 heteroatoms. The molecular formula is C20H16N2O3. The Morgan fingerprint density at radius 3 is 2.32 bits per heavy atom. The molecule has 0 saturated carbocycles. The van der Waals surface area contributed by atoms with Crippen molar-refractivity contribution < 1.29 is 9.90 Å². The van der Waals surface area contributed by atoms with Crippen LogP contribution in [0.5, 0.6) is 0 Å². The first-order chi connectivity index (χ1) is 12.0. The first-order valence-corrected chi connectivity index (χ1v) is 7.90. The summed E-state index contributed by atoms with van der Waals surface area (Å²) in [7, 11) is 3.63. The van der Waals surface area contributed by atoms with E-state index in [0.717, 1.165) is 27.5 Å². The third-order valence-corrected chi connectivity index (χ3v) is 4.68. The van der Waals surface area contributed by atoms with Crippen molar-refractivity contribution in [3.05, 3.63) is 70.5 Å². The van der Waals surface area contributed by atoms with Crippen LogP contribution in [0, 0.1) is 0 Å². The van der Waals surface area contributed by atoms with Gasteiger partial charge >= 0.3 is 5.97 Å². The predicted octanol–water partition coefficient (Wildman–Crippen LogP) is 3.40. The summed E-state index contributed by atoms with van der Waals surface area (Å²) < 4.78 is 3.55. The number of aromatic nitrogens is 2. The maximum atomic E-state index is 12.8. The van der Waals surface area contributed by atoms with E-state index in [-0.39, 0.29) is 11.1 Å². The second kappa shape index (κ2) is 5.34. The Morgan fingerprint density at radius 2 is 1.64 bits per heavy atom. The molecule has 5 nitrogen and oxygen atoms in total. The minimum Gasteiger partial charge on any atom is -0.478 e. The Hall–Kier alpha value is -3.34. The van der Waals surface area contributed by atoms with E-state index in [1.165, 1.54) is 0 Å². The van der Waals surface area contributed by atoms with Gasteiger partial charge in [0.2, 0.25) is 0 Å². The second-order valence-corrected chi connectivity index (χ2v) is 6.12. The highest BCUT2D eigenvalue weighted by atomic mass is 16.4. The molecule has 1 N–H and O–H groups in total. The highest BCUT2D eigenvalue weighted by Crippen LogP contribution is 2.30. The Kier molecular flexibility index (Phi) is 3.25. The van der Waals surface area contributed by atoms with E-state index in [1.54, 1.807) is 29.8 Å². The molecule has 124 valence electrons. The van der Waals surface area contributed by atoms with Crippen LogP contribution in [0.2, 0.25) is 0 Å². The number of rotatable bonds is 2. The van der Waals surface area contributed by atoms with E-state index >= 15 is 0 Å². The van der Waals surface area contributed by atoms with Gasteiger partial charge in [0.25, 0.3) is 5.56 Å². The van der Waals surface area contributed by atoms with E-state index < -0.39 is 5.97 Å². The van der Waals surface area contributed by atoms with Gasteiger partial charge in [0.15, 0.2) is 0 Å². The smallest absolute Gasteiger partial charge is 0.335 e. The molecule has 2 aromatic heterocycles. The number of benzene rings is 2. The van der Waals surface area contributed by atoms with Crippen LogP contribution in [0.4, 0.5) is 0 Å². The van der Waals surface area contributed by atoms with Crippen molar-refractivity contribution in [2.24, 2.45) is 14.1 Å². The standard InChI is InChI=1S/C20H16N2O3/c1-21-17-9-8-13(20(24)25)10-15(17)16-11-14(12-6-4-3-5-7-12)19(23)22(2)18(16)21/h3-11H,1-2H3,(H,24,25). The number of hydrogen-bond acceptors (Lipinski definition) is 2. The van der Waals surface area contributed by atoms with E-state index in [9.17, 15) is 14.7 Å². The van der Waals surface area contributed by atoms with Gasteiger partial charge in [0.1, 0.15) is 5.65 Å². The Morgan fingerprint density at radius 1 is 0.920 bits per heavy atom. The number of fused-ring (bicyclic) bond motifs is 3. The average Bonchev–Trinajstić information content (AvgIpc) is 2.90. The number of aromatic carboxylic acids is 1. The van der Waals surface area contributed by atoms with Crippen LogP contribution >= 0.6 is 0 Å². The first-order valence-electron chi connectivity index (χ1n) is 7.90. The largest absolute Gasteiger partial charge is 0.478 e. The molecule has 4 aromatic rings. The lowest BCUT2D eigenvalue weighted by atomic mass is 10.0. The maximum Gasteiger partial charge on any atom is 0.335 e. The molecule has 25 heavy (non-hydrogen) atoms. The van der Waals surface area contributed by atoms with Gasteiger partial charge in [-0.2, -0.15) is 0 Å². The summed E-state index contributed by atoms with van der Waals surface area (Å²) in [6.07, 6.45) is 0. The molecule has 0 aliphatic carbocycles. The van der Waals surface area contributed by atoms with Gasteiger partial charge in [-0.25, -0.2) is 4.79 Å². The fourth-order valence-electron chi connectivity index (χ4n) is 3.45. The van der Waals surface area contributed by atoms with Gasteiger partial charge in [0.05, 0.1) is 11.1 Å². The Bertz CT molecular complexity index is 1200. The molecule has 0 fully saturated rings. The fourth-order valence-corrected chi connectivity index (χ4v) is 3.45. The number of hydrogen-bond donors (Lipinski definition) is 1. The molecule has 0 aliphatic heterocycles. The van der Waals surface area contributed by atoms with Crippen molar-refractivity contribution in [2.75, 3.05) is 0 Å². The lowest BCUT2D eigenvalue weighted by Gasteiger charge is -2.08. The van der Waals surface area contributed by atoms with Gasteiger partial charge in [0, 0.05) is 30.4 Å². The Balaban J connectivity index is 2.17. The molecule has 0 bridgehead atoms. The van der Waals surface area contributed by atoms with E-state index in [4.69, 9.17) is 0 Å². The third-order valence-electron chi connectivity index (χ3n) is 4.68. The number of pyridine rings is 1. The van der Waals surface area contributed by atoms with Crippen LogP contribution in [0.1, 0.15) is 10.4 Å². The molecule has 4 rings (SSSR count). The van der Waals surface area contributed by atoms with Crippen molar-refractivity contribution >= 4 is 27.9 Å². The molecule has 0 radical (unpaired) electrons. The number of carboxylic acids is 1. The van der Waals surface area contributed by atoms with Crippen LogP contribution in [0.3, 0.4) is 0 Å². The summed E-state index contributed by atoms with van der Waals surface area (Å²) >= 11 is 0. The summed E-state index contributed by atoms with van der Waals surface area (Å²) in [6.45, 7) is 0. The van der Waals surface area contributed by atoms with Crippen molar-refractivity contribution in [3.63, 3.8) is 0 Å². The van der Waals surface area contributed by atoms with Crippen molar-refractivity contribution in [1.29, 1.82) is 0 Å². The van der Waals surface area contributed by atoms with Crippen LogP contribution in [0.15, 0.2) is 59.4 Å². The molecule has 2 aromatic carbocycles. The molecular weight excluding hydrogens is 316 g/mol. The number of carboxylic acid groups (broad SMARTS) is 1. The highest BCUT2D eigenvalue weighted by molar-refractivity contribution is 6.10. The second-order valence-electron chi connectivity index (χ2n) is 6.12. The van der Waals surface area contributed by atoms with Crippen molar-refractivity contribution in [1.82, 2.24) is 9.13 Å². The zero-order chi connectivity index (χ0) is 17.7. The zero-order valence-electron chi connectivity index (χ0n) is 13.9. The van der Waals surface area contributed by atoms with Gasteiger partial charge in [-0.3, -0.25) is 9.36 Å². The molecule has 0 aliphatic rings. The number of carbonyl (C=O) groups is 1. The van der Waals surface area contributed by atoms with Crippen molar-refractivity contribution in [3.8, 4) is 11.1 Å². The van der Waals surface area contributed by atoms with Gasteiger partial charge in [-0.15, -0.1) is 0 Å². The molecule has 0 atom stereocenters. The monoisotopic (exact) mass is 332 g/mol. The average molecular weight is 332 g/mol. The molecule has 0 unspecified atom stereocenters. The summed E-state index contributed by atoms with van der Waals surface area (Å²) in [4.78, 5) is 24.2. The van der Waals surface area contributed by atoms with E-state index in [1.807, 2.05) is 48.0 Å². The van der Waals surface area contributed by atoms with Crippen LogP contribution in [0.25, 0.3) is 33.1 Å². The Labute approximate surface area is 143 Å². The first kappa shape index (κ1) is 15.2. The van der Waals surface area contributed by atoms with Crippen LogP contribution in [-0.2, 0) is 14.1 Å². The topological polar surface area (TPSA) is 64.2 Å². The van der Waals surface area contributed by atoms with Gasteiger partial charge < -0.3 is 9.67 Å². The van der Waals surface area contributed by atoms with Gasteiger partial charge in [-0.1, -0.05) is 30.3 Å². The zero-order valence-corrected chi connectivity index (χ0v) is 13.9. The molecule has 0 saturated heterocycles. The van der Waals surface area contributed by atoms with Crippen LogP contribution in [-0.4, -0.2) is 20.2 Å². The molecule has 2 heterocycles. The minimum absolute atomic E-state index is 0.0805. The highest BCUT2D eigenvalue weighted by Gasteiger charge is 2.16. The summed E-state index contributed by atoms with van der Waals surface area (Å²) in [6, 6.07) is 16.4. The predicted molar refractivity (Wildman–Crippen MR) is 98.1 cm³/mol. The lowest BCUT2D eigenvalue weighted by Crippen LogP contribution is -2.20. The normalized spacial score (nSPS) is 11.3. The number of nitrogens with zero attached hydrogens (tertiary/aromatic N) is 2. The maximum absolute atomic E-state index is 12.8. The lowest BCUT2D eigenvalue weighted by molar-refractivity contribution is 0.0697. The summed E-state index contributed by atoms with van der Waals surface area (Å²) in [5, 5.41) is 11.0. The third kappa shape index (κ3) is 2.16. The van der Waals surface area contributed by atoms with Gasteiger partial charge in [-0.05, 0) is 29.8 Å². The van der Waals surface area contributed by atoms with Crippen LogP contribution < -0.4 is 5.56 Å². The molecule has 0 amide bonds. The number of aryl methyl sites for hydroxylation is 2. The van der Waals surface area contributed by atoms with Crippen molar-refractivity contribution in [2.45, 2.75) is 0 Å². The SMILES string of the molecule is Cn1c(=O)c(-c2ccccc2)cc2c3cc(C(=O)O)ccc3n(C)c21. The molecule has 0 spiro atoms. The summed E-state index contributed by atoms with van der Waals surface area (Å²) in [5.74, 6) is -0.966. The van der Waals surface area contributed by atoms with E-state index in [0.29, 0.717) is 5.56 Å².